The van der Waals surface area contributed by atoms with Gasteiger partial charge in [-0.25, -0.2) is 0 Å². The zero-order valence-electron chi connectivity index (χ0n) is 10.0. The van der Waals surface area contributed by atoms with Gasteiger partial charge in [0.15, 0.2) is 5.78 Å². The molecule has 0 fully saturated rings. The first-order valence-electron chi connectivity index (χ1n) is 5.56. The van der Waals surface area contributed by atoms with E-state index in [2.05, 4.69) is 15.9 Å². The third kappa shape index (κ3) is 5.19. The second-order valence-electron chi connectivity index (χ2n) is 3.80. The minimum atomic E-state index is -0.273. The van der Waals surface area contributed by atoms with Crippen molar-refractivity contribution in [3.8, 4) is 0 Å². The third-order valence-electron chi connectivity index (χ3n) is 2.22. The number of alkyl halides is 1. The predicted octanol–water partition coefficient (Wildman–Crippen LogP) is 2.91. The summed E-state index contributed by atoms with van der Waals surface area (Å²) in [6.07, 6.45) is 0.480. The molecule has 0 spiro atoms. The summed E-state index contributed by atoms with van der Waals surface area (Å²) in [5, 5.41) is 0. The van der Waals surface area contributed by atoms with E-state index in [4.69, 9.17) is 16.3 Å². The van der Waals surface area contributed by atoms with E-state index in [0.717, 1.165) is 15.6 Å². The number of hydrogen-bond donors (Lipinski definition) is 0. The van der Waals surface area contributed by atoms with Crippen LogP contribution in [-0.4, -0.2) is 24.2 Å². The summed E-state index contributed by atoms with van der Waals surface area (Å²) in [5.74, 6) is -0.318. The Bertz CT molecular complexity index is 446. The number of halogens is 2. The van der Waals surface area contributed by atoms with Crippen molar-refractivity contribution in [3.63, 3.8) is 0 Å². The van der Waals surface area contributed by atoms with Crippen molar-refractivity contribution in [2.24, 2.45) is 0 Å². The molecule has 0 aromatic heterocycles. The lowest BCUT2D eigenvalue weighted by Crippen LogP contribution is -2.09. The van der Waals surface area contributed by atoms with Gasteiger partial charge in [0.25, 0.3) is 0 Å². The van der Waals surface area contributed by atoms with Crippen LogP contribution in [0.25, 0.3) is 0 Å². The van der Waals surface area contributed by atoms with E-state index in [1.807, 2.05) is 18.2 Å². The van der Waals surface area contributed by atoms with Gasteiger partial charge in [0.05, 0.1) is 18.9 Å². The standard InChI is InChI=1S/C13H14BrClO3/c1-2-18-13(17)7-10-3-9(4-11(14)5-10)6-12(16)8-15/h3-5H,2,6-8H2,1H3. The smallest absolute Gasteiger partial charge is 0.310 e. The first-order valence-corrected chi connectivity index (χ1v) is 6.89. The van der Waals surface area contributed by atoms with Crippen molar-refractivity contribution in [2.75, 3.05) is 12.5 Å². The number of carbonyl (C=O) groups excluding carboxylic acids is 2. The van der Waals surface area contributed by atoms with Crippen molar-refractivity contribution >= 4 is 39.3 Å². The normalized spacial score (nSPS) is 10.2. The SMILES string of the molecule is CCOC(=O)Cc1cc(Br)cc(CC(=O)CCl)c1. The lowest BCUT2D eigenvalue weighted by atomic mass is 10.0. The minimum Gasteiger partial charge on any atom is -0.466 e. The molecule has 0 heterocycles. The van der Waals surface area contributed by atoms with Crippen LogP contribution in [0.4, 0.5) is 0 Å². The molecular weight excluding hydrogens is 319 g/mol. The van der Waals surface area contributed by atoms with Gasteiger partial charge in [-0.1, -0.05) is 22.0 Å². The summed E-state index contributed by atoms with van der Waals surface area (Å²) in [5.41, 5.74) is 1.66. The van der Waals surface area contributed by atoms with Crippen molar-refractivity contribution in [2.45, 2.75) is 19.8 Å². The molecule has 5 heteroatoms. The Morgan fingerprint density at radius 3 is 2.39 bits per heavy atom. The van der Waals surface area contributed by atoms with Crippen LogP contribution in [0.5, 0.6) is 0 Å². The zero-order valence-corrected chi connectivity index (χ0v) is 12.4. The highest BCUT2D eigenvalue weighted by molar-refractivity contribution is 9.10. The fourth-order valence-corrected chi connectivity index (χ4v) is 2.26. The number of carbonyl (C=O) groups is 2. The summed E-state index contributed by atoms with van der Waals surface area (Å²) in [7, 11) is 0. The Hall–Kier alpha value is -0.870. The van der Waals surface area contributed by atoms with E-state index < -0.39 is 0 Å². The van der Waals surface area contributed by atoms with Crippen LogP contribution < -0.4 is 0 Å². The lowest BCUT2D eigenvalue weighted by molar-refractivity contribution is -0.142. The quantitative estimate of drug-likeness (QED) is 0.594. The molecule has 0 saturated carbocycles. The monoisotopic (exact) mass is 332 g/mol. The molecule has 1 aromatic carbocycles. The van der Waals surface area contributed by atoms with Gasteiger partial charge in [0.1, 0.15) is 0 Å². The van der Waals surface area contributed by atoms with Gasteiger partial charge in [-0.05, 0) is 30.2 Å². The second-order valence-corrected chi connectivity index (χ2v) is 4.98. The molecule has 0 amide bonds. The number of benzene rings is 1. The molecule has 0 radical (unpaired) electrons. The number of esters is 1. The van der Waals surface area contributed by atoms with Crippen LogP contribution in [0.1, 0.15) is 18.1 Å². The molecular formula is C13H14BrClO3. The molecule has 0 atom stereocenters. The summed E-state index contributed by atoms with van der Waals surface area (Å²) >= 11 is 8.83. The predicted molar refractivity (Wildman–Crippen MR) is 73.9 cm³/mol. The van der Waals surface area contributed by atoms with Gasteiger partial charge in [-0.2, -0.15) is 0 Å². The summed E-state index contributed by atoms with van der Waals surface area (Å²) in [6, 6.07) is 5.51. The largest absolute Gasteiger partial charge is 0.466 e. The number of rotatable bonds is 6. The third-order valence-corrected chi connectivity index (χ3v) is 2.98. The van der Waals surface area contributed by atoms with Crippen LogP contribution in [-0.2, 0) is 27.2 Å². The highest BCUT2D eigenvalue weighted by Gasteiger charge is 2.08. The number of Topliss-reactive ketones (excluding diaryl/α,β-unsaturated/α-hetero) is 1. The lowest BCUT2D eigenvalue weighted by Gasteiger charge is -2.06. The summed E-state index contributed by atoms with van der Waals surface area (Å²) in [6.45, 7) is 2.13. The summed E-state index contributed by atoms with van der Waals surface area (Å²) < 4.78 is 5.72. The van der Waals surface area contributed by atoms with Crippen LogP contribution in [0, 0.1) is 0 Å². The number of hydrogen-bond acceptors (Lipinski definition) is 3. The van der Waals surface area contributed by atoms with E-state index >= 15 is 0 Å². The molecule has 0 aliphatic carbocycles. The molecule has 1 rings (SSSR count). The molecule has 0 bridgehead atoms. The second kappa shape index (κ2) is 7.54. The van der Waals surface area contributed by atoms with Crippen molar-refractivity contribution in [3.05, 3.63) is 33.8 Å². The van der Waals surface area contributed by atoms with Crippen molar-refractivity contribution in [1.82, 2.24) is 0 Å². The summed E-state index contributed by atoms with van der Waals surface area (Å²) in [4.78, 5) is 22.7. The van der Waals surface area contributed by atoms with E-state index in [1.54, 1.807) is 6.92 Å². The van der Waals surface area contributed by atoms with E-state index in [1.165, 1.54) is 0 Å². The Morgan fingerprint density at radius 1 is 1.22 bits per heavy atom. The molecule has 98 valence electrons. The Balaban J connectivity index is 2.80. The number of ketones is 1. The first kappa shape index (κ1) is 15.2. The fourth-order valence-electron chi connectivity index (χ4n) is 1.58. The maximum atomic E-state index is 11.4. The van der Waals surface area contributed by atoms with Gasteiger partial charge in [-0.3, -0.25) is 9.59 Å². The highest BCUT2D eigenvalue weighted by atomic mass is 79.9. The van der Waals surface area contributed by atoms with E-state index in [0.29, 0.717) is 6.61 Å². The van der Waals surface area contributed by atoms with E-state index in [9.17, 15) is 9.59 Å². The molecule has 18 heavy (non-hydrogen) atoms. The molecule has 0 unspecified atom stereocenters. The average molecular weight is 334 g/mol. The van der Waals surface area contributed by atoms with Crippen LogP contribution >= 0.6 is 27.5 Å². The Kier molecular flexibility index (Phi) is 6.36. The maximum absolute atomic E-state index is 11.4. The fraction of sp³-hybridized carbons (Fsp3) is 0.385. The van der Waals surface area contributed by atoms with Crippen molar-refractivity contribution in [1.29, 1.82) is 0 Å². The van der Waals surface area contributed by atoms with Gasteiger partial charge in [0.2, 0.25) is 0 Å². The number of ether oxygens (including phenoxy) is 1. The molecule has 0 N–H and O–H groups in total. The average Bonchev–Trinajstić information content (AvgIpc) is 2.28. The highest BCUT2D eigenvalue weighted by Crippen LogP contribution is 2.17. The van der Waals surface area contributed by atoms with Crippen LogP contribution in [0.2, 0.25) is 0 Å². The Labute approximate surface area is 120 Å². The van der Waals surface area contributed by atoms with E-state index in [-0.39, 0.29) is 30.5 Å². The molecule has 0 aliphatic rings. The topological polar surface area (TPSA) is 43.4 Å². The molecule has 3 nitrogen and oxygen atoms in total. The van der Waals surface area contributed by atoms with Crippen LogP contribution in [0.3, 0.4) is 0 Å². The van der Waals surface area contributed by atoms with Crippen molar-refractivity contribution < 1.29 is 14.3 Å². The van der Waals surface area contributed by atoms with Gasteiger partial charge >= 0.3 is 5.97 Å². The zero-order chi connectivity index (χ0) is 13.5. The molecule has 1 aromatic rings. The van der Waals surface area contributed by atoms with Gasteiger partial charge < -0.3 is 4.74 Å². The van der Waals surface area contributed by atoms with Gasteiger partial charge in [0, 0.05) is 10.9 Å². The minimum absolute atomic E-state index is 0.000275. The molecule has 0 aliphatic heterocycles. The Morgan fingerprint density at radius 2 is 1.83 bits per heavy atom. The first-order chi connectivity index (χ1) is 8.55. The van der Waals surface area contributed by atoms with Crippen LogP contribution in [0.15, 0.2) is 22.7 Å². The van der Waals surface area contributed by atoms with Gasteiger partial charge in [-0.15, -0.1) is 11.6 Å². The molecule has 0 saturated heterocycles. The maximum Gasteiger partial charge on any atom is 0.310 e.